The third-order valence-electron chi connectivity index (χ3n) is 5.96. The van der Waals surface area contributed by atoms with Crippen molar-refractivity contribution in [3.8, 4) is 0 Å². The van der Waals surface area contributed by atoms with Gasteiger partial charge in [-0.25, -0.2) is 0 Å². The minimum Gasteiger partial charge on any atom is -0.436 e. The monoisotopic (exact) mass is 276 g/mol. The summed E-state index contributed by atoms with van der Waals surface area (Å²) in [7, 11) is 0. The van der Waals surface area contributed by atoms with Gasteiger partial charge in [0.25, 0.3) is 0 Å². The number of hydrogen-bond donors (Lipinski definition) is 0. The van der Waals surface area contributed by atoms with Crippen molar-refractivity contribution in [3.63, 3.8) is 0 Å². The van der Waals surface area contributed by atoms with Crippen LogP contribution in [0.1, 0.15) is 51.9 Å². The van der Waals surface area contributed by atoms with Crippen molar-refractivity contribution in [1.29, 1.82) is 0 Å². The van der Waals surface area contributed by atoms with Crippen molar-refractivity contribution in [2.24, 2.45) is 23.7 Å². The lowest BCUT2D eigenvalue weighted by molar-refractivity contribution is -0.209. The highest BCUT2D eigenvalue weighted by Gasteiger charge is 2.47. The molecule has 4 bridgehead atoms. The number of carbonyl (C=O) groups excluding carboxylic acids is 1. The van der Waals surface area contributed by atoms with Gasteiger partial charge in [-0.1, -0.05) is 12.2 Å². The second-order valence-corrected chi connectivity index (χ2v) is 7.34. The van der Waals surface area contributed by atoms with E-state index in [0.717, 1.165) is 31.6 Å². The van der Waals surface area contributed by atoms with Gasteiger partial charge in [0.1, 0.15) is 0 Å². The summed E-state index contributed by atoms with van der Waals surface area (Å²) in [5.41, 5.74) is 0.0267. The summed E-state index contributed by atoms with van der Waals surface area (Å²) in [6, 6.07) is 0. The Labute approximate surface area is 120 Å². The fourth-order valence-corrected chi connectivity index (χ4v) is 4.98. The Kier molecular flexibility index (Phi) is 2.95. The fourth-order valence-electron chi connectivity index (χ4n) is 4.98. The Morgan fingerprint density at radius 1 is 1.25 bits per heavy atom. The Balaban J connectivity index is 1.32. The van der Waals surface area contributed by atoms with Crippen LogP contribution in [0.5, 0.6) is 0 Å². The standard InChI is InChI=1S/C17H24O3/c1-11(20-17-6-4-12(10-17)5-7-17)19-16(18)15-9-13-2-3-14(15)8-13/h2-3,11-15H,4-10H2,1H3. The maximum Gasteiger partial charge on any atom is 0.311 e. The summed E-state index contributed by atoms with van der Waals surface area (Å²) < 4.78 is 11.7. The summed E-state index contributed by atoms with van der Waals surface area (Å²) in [5.74, 6) is 1.92. The van der Waals surface area contributed by atoms with Crippen LogP contribution in [0.2, 0.25) is 0 Å². The van der Waals surface area contributed by atoms with E-state index in [1.807, 2.05) is 6.92 Å². The van der Waals surface area contributed by atoms with E-state index in [1.165, 1.54) is 19.3 Å². The largest absolute Gasteiger partial charge is 0.436 e. The second kappa shape index (κ2) is 4.59. The number of carbonyl (C=O) groups is 1. The zero-order valence-electron chi connectivity index (χ0n) is 12.2. The van der Waals surface area contributed by atoms with Crippen LogP contribution in [0, 0.1) is 23.7 Å². The summed E-state index contributed by atoms with van der Waals surface area (Å²) in [4.78, 5) is 12.3. The van der Waals surface area contributed by atoms with Crippen LogP contribution in [0.15, 0.2) is 12.2 Å². The molecule has 4 atom stereocenters. The van der Waals surface area contributed by atoms with E-state index in [0.29, 0.717) is 11.8 Å². The van der Waals surface area contributed by atoms with Crippen LogP contribution in [0.3, 0.4) is 0 Å². The van der Waals surface area contributed by atoms with Gasteiger partial charge < -0.3 is 9.47 Å². The van der Waals surface area contributed by atoms with E-state index in [-0.39, 0.29) is 23.8 Å². The topological polar surface area (TPSA) is 35.5 Å². The number of ether oxygens (including phenoxy) is 2. The lowest BCUT2D eigenvalue weighted by Gasteiger charge is -2.31. The van der Waals surface area contributed by atoms with E-state index >= 15 is 0 Å². The van der Waals surface area contributed by atoms with E-state index in [1.54, 1.807) is 0 Å². The van der Waals surface area contributed by atoms with E-state index < -0.39 is 0 Å². The van der Waals surface area contributed by atoms with Gasteiger partial charge in [0.05, 0.1) is 11.5 Å². The second-order valence-electron chi connectivity index (χ2n) is 7.34. The molecule has 0 aliphatic heterocycles. The SMILES string of the molecule is CC(OC(=O)C1CC2C=CC1C2)OC12CCC(CC1)C2. The third-order valence-corrected chi connectivity index (χ3v) is 5.96. The average Bonchev–Trinajstić information content (AvgIpc) is 3.17. The van der Waals surface area contributed by atoms with Crippen molar-refractivity contribution >= 4 is 5.97 Å². The van der Waals surface area contributed by atoms with Gasteiger partial charge >= 0.3 is 5.97 Å². The molecule has 4 aliphatic rings. The summed E-state index contributed by atoms with van der Waals surface area (Å²) in [6.07, 6.45) is 12.2. The molecule has 0 N–H and O–H groups in total. The maximum atomic E-state index is 12.3. The zero-order valence-corrected chi connectivity index (χ0v) is 12.2. The molecule has 3 saturated carbocycles. The molecular weight excluding hydrogens is 252 g/mol. The molecule has 3 heteroatoms. The van der Waals surface area contributed by atoms with Crippen LogP contribution in [0.4, 0.5) is 0 Å². The first kappa shape index (κ1) is 12.9. The quantitative estimate of drug-likeness (QED) is 0.448. The van der Waals surface area contributed by atoms with E-state index in [4.69, 9.17) is 9.47 Å². The summed E-state index contributed by atoms with van der Waals surface area (Å²) >= 11 is 0. The van der Waals surface area contributed by atoms with Crippen molar-refractivity contribution in [3.05, 3.63) is 12.2 Å². The van der Waals surface area contributed by atoms with Gasteiger partial charge in [-0.2, -0.15) is 0 Å². The van der Waals surface area contributed by atoms with Gasteiger partial charge in [-0.05, 0) is 69.6 Å². The lowest BCUT2D eigenvalue weighted by atomic mass is 9.94. The van der Waals surface area contributed by atoms with Crippen molar-refractivity contribution < 1.29 is 14.3 Å². The van der Waals surface area contributed by atoms with Crippen LogP contribution in [-0.2, 0) is 14.3 Å². The van der Waals surface area contributed by atoms with Crippen LogP contribution < -0.4 is 0 Å². The van der Waals surface area contributed by atoms with Gasteiger partial charge in [0, 0.05) is 0 Å². The minimum atomic E-state index is -0.387. The molecule has 0 saturated heterocycles. The van der Waals surface area contributed by atoms with Crippen LogP contribution >= 0.6 is 0 Å². The number of fused-ring (bicyclic) bond motifs is 4. The highest BCUT2D eigenvalue weighted by Crippen LogP contribution is 2.50. The highest BCUT2D eigenvalue weighted by atomic mass is 16.7. The number of rotatable bonds is 4. The predicted octanol–water partition coefficient (Wildman–Crippen LogP) is 3.44. The molecule has 4 rings (SSSR count). The maximum absolute atomic E-state index is 12.3. The summed E-state index contributed by atoms with van der Waals surface area (Å²) in [5, 5.41) is 0. The highest BCUT2D eigenvalue weighted by molar-refractivity contribution is 5.74. The Hall–Kier alpha value is -0.830. The van der Waals surface area contributed by atoms with E-state index in [2.05, 4.69) is 12.2 Å². The minimum absolute atomic E-state index is 0.0267. The lowest BCUT2D eigenvalue weighted by Crippen LogP contribution is -2.35. The molecule has 3 nitrogen and oxygen atoms in total. The first-order valence-corrected chi connectivity index (χ1v) is 8.20. The van der Waals surface area contributed by atoms with Gasteiger partial charge in [0.2, 0.25) is 6.29 Å². The first-order valence-electron chi connectivity index (χ1n) is 8.20. The van der Waals surface area contributed by atoms with Crippen molar-refractivity contribution in [2.75, 3.05) is 0 Å². The van der Waals surface area contributed by atoms with Crippen molar-refractivity contribution in [1.82, 2.24) is 0 Å². The molecule has 0 aromatic carbocycles. The fraction of sp³-hybridized carbons (Fsp3) is 0.824. The van der Waals surface area contributed by atoms with Gasteiger partial charge in [-0.15, -0.1) is 0 Å². The molecule has 3 fully saturated rings. The molecule has 0 spiro atoms. The van der Waals surface area contributed by atoms with Gasteiger partial charge in [0.15, 0.2) is 0 Å². The normalized spacial score (nSPS) is 46.0. The third kappa shape index (κ3) is 2.11. The van der Waals surface area contributed by atoms with Crippen LogP contribution in [-0.4, -0.2) is 17.9 Å². The van der Waals surface area contributed by atoms with Crippen molar-refractivity contribution in [2.45, 2.75) is 63.8 Å². The molecule has 4 unspecified atom stereocenters. The molecule has 0 aromatic heterocycles. The number of esters is 1. The van der Waals surface area contributed by atoms with E-state index in [9.17, 15) is 4.79 Å². The zero-order chi connectivity index (χ0) is 13.7. The Morgan fingerprint density at radius 3 is 2.60 bits per heavy atom. The number of hydrogen-bond acceptors (Lipinski definition) is 3. The molecule has 0 amide bonds. The molecule has 20 heavy (non-hydrogen) atoms. The Morgan fingerprint density at radius 2 is 2.05 bits per heavy atom. The molecular formula is C17H24O3. The van der Waals surface area contributed by atoms with Gasteiger partial charge in [-0.3, -0.25) is 4.79 Å². The first-order chi connectivity index (χ1) is 9.63. The smallest absolute Gasteiger partial charge is 0.311 e. The molecule has 0 radical (unpaired) electrons. The van der Waals surface area contributed by atoms with Crippen LogP contribution in [0.25, 0.3) is 0 Å². The number of allylic oxidation sites excluding steroid dienone is 2. The molecule has 4 aliphatic carbocycles. The molecule has 0 aromatic rings. The summed E-state index contributed by atoms with van der Waals surface area (Å²) in [6.45, 7) is 1.89. The Bertz CT molecular complexity index is 434. The predicted molar refractivity (Wildman–Crippen MR) is 74.8 cm³/mol. The molecule has 0 heterocycles. The average molecular weight is 276 g/mol. The molecule has 110 valence electrons.